The van der Waals surface area contributed by atoms with Gasteiger partial charge in [-0.05, 0) is 49.9 Å². The molecule has 0 bridgehead atoms. The Morgan fingerprint density at radius 1 is 1.24 bits per heavy atom. The molecule has 1 amide bonds. The van der Waals surface area contributed by atoms with Gasteiger partial charge in [0.05, 0.1) is 5.54 Å². The van der Waals surface area contributed by atoms with Crippen LogP contribution in [-0.4, -0.2) is 24.6 Å². The van der Waals surface area contributed by atoms with E-state index >= 15 is 0 Å². The molecule has 1 aromatic rings. The number of nitrogens with one attached hydrogen (secondary N) is 1. The number of carbonyl (C=O) groups is 1. The van der Waals surface area contributed by atoms with E-state index in [0.717, 1.165) is 24.2 Å². The van der Waals surface area contributed by atoms with Gasteiger partial charge in [0.2, 0.25) is 0 Å². The molecule has 0 unspecified atom stereocenters. The lowest BCUT2D eigenvalue weighted by atomic mass is 9.93. The van der Waals surface area contributed by atoms with Crippen LogP contribution in [-0.2, 0) is 4.79 Å². The van der Waals surface area contributed by atoms with E-state index in [-0.39, 0.29) is 30.5 Å². The van der Waals surface area contributed by atoms with Gasteiger partial charge < -0.3 is 15.8 Å². The topological polar surface area (TPSA) is 64.3 Å². The number of hydrogen-bond donors (Lipinski definition) is 2. The lowest BCUT2D eigenvalue weighted by Crippen LogP contribution is -2.54. The Kier molecular flexibility index (Phi) is 8.37. The lowest BCUT2D eigenvalue weighted by molar-refractivity contribution is -0.125. The van der Waals surface area contributed by atoms with Crippen molar-refractivity contribution in [2.75, 3.05) is 13.2 Å². The van der Waals surface area contributed by atoms with Crippen molar-refractivity contribution in [3.63, 3.8) is 0 Å². The summed E-state index contributed by atoms with van der Waals surface area (Å²) >= 11 is 0. The minimum atomic E-state index is -0.316. The van der Waals surface area contributed by atoms with Crippen molar-refractivity contribution in [2.24, 2.45) is 5.73 Å². The zero-order chi connectivity index (χ0) is 15.2. The molecular formula is C16H27ClN2O2. The molecule has 0 spiro atoms. The molecule has 21 heavy (non-hydrogen) atoms. The summed E-state index contributed by atoms with van der Waals surface area (Å²) in [6.45, 7) is 8.58. The average molecular weight is 315 g/mol. The maximum atomic E-state index is 12.0. The van der Waals surface area contributed by atoms with Crippen LogP contribution in [0.3, 0.4) is 0 Å². The highest BCUT2D eigenvalue weighted by atomic mass is 35.5. The van der Waals surface area contributed by atoms with Crippen molar-refractivity contribution < 1.29 is 9.53 Å². The number of amides is 1. The van der Waals surface area contributed by atoms with Crippen LogP contribution >= 0.6 is 12.4 Å². The third-order valence-corrected chi connectivity index (χ3v) is 4.00. The zero-order valence-corrected chi connectivity index (χ0v) is 14.2. The zero-order valence-electron chi connectivity index (χ0n) is 13.4. The van der Waals surface area contributed by atoms with Crippen LogP contribution in [0, 0.1) is 13.8 Å². The van der Waals surface area contributed by atoms with Crippen molar-refractivity contribution in [1.29, 1.82) is 0 Å². The molecule has 0 aliphatic rings. The summed E-state index contributed by atoms with van der Waals surface area (Å²) in [7, 11) is 0. The fourth-order valence-corrected chi connectivity index (χ4v) is 2.05. The van der Waals surface area contributed by atoms with E-state index < -0.39 is 0 Å². The van der Waals surface area contributed by atoms with E-state index in [4.69, 9.17) is 10.5 Å². The smallest absolute Gasteiger partial charge is 0.258 e. The molecule has 0 saturated carbocycles. The van der Waals surface area contributed by atoms with E-state index in [2.05, 4.69) is 5.32 Å². The van der Waals surface area contributed by atoms with Gasteiger partial charge in [-0.15, -0.1) is 12.4 Å². The molecule has 4 nitrogen and oxygen atoms in total. The quantitative estimate of drug-likeness (QED) is 0.813. The molecule has 0 aliphatic heterocycles. The SMILES string of the molecule is CCC(CC)(CN)NC(=O)COc1ccc(C)c(C)c1.Cl. The molecule has 1 aromatic carbocycles. The first-order valence-electron chi connectivity index (χ1n) is 7.17. The number of nitrogens with two attached hydrogens (primary N) is 1. The molecule has 3 N–H and O–H groups in total. The van der Waals surface area contributed by atoms with Gasteiger partial charge in [-0.2, -0.15) is 0 Å². The molecule has 0 fully saturated rings. The van der Waals surface area contributed by atoms with Gasteiger partial charge in [-0.3, -0.25) is 4.79 Å². The largest absolute Gasteiger partial charge is 0.484 e. The summed E-state index contributed by atoms with van der Waals surface area (Å²) in [5.74, 6) is 0.590. The maximum Gasteiger partial charge on any atom is 0.258 e. The van der Waals surface area contributed by atoms with Crippen LogP contribution in [0.25, 0.3) is 0 Å². The van der Waals surface area contributed by atoms with Crippen LogP contribution in [0.1, 0.15) is 37.8 Å². The van der Waals surface area contributed by atoms with E-state index in [0.29, 0.717) is 6.54 Å². The van der Waals surface area contributed by atoms with Crippen molar-refractivity contribution in [2.45, 2.75) is 46.1 Å². The third kappa shape index (κ3) is 5.56. The van der Waals surface area contributed by atoms with Gasteiger partial charge in [0.15, 0.2) is 6.61 Å². The maximum absolute atomic E-state index is 12.0. The van der Waals surface area contributed by atoms with E-state index in [1.165, 1.54) is 5.56 Å². The molecule has 0 atom stereocenters. The molecule has 5 heteroatoms. The second-order valence-corrected chi connectivity index (χ2v) is 5.27. The predicted octanol–water partition coefficient (Wildman–Crippen LogP) is 2.74. The normalized spacial score (nSPS) is 10.7. The van der Waals surface area contributed by atoms with E-state index in [1.807, 2.05) is 45.9 Å². The number of rotatable bonds is 7. The van der Waals surface area contributed by atoms with Gasteiger partial charge in [0.25, 0.3) is 5.91 Å². The Morgan fingerprint density at radius 3 is 2.33 bits per heavy atom. The van der Waals surface area contributed by atoms with Crippen molar-refractivity contribution in [1.82, 2.24) is 5.32 Å². The van der Waals surface area contributed by atoms with E-state index in [1.54, 1.807) is 0 Å². The Balaban J connectivity index is 0.00000400. The lowest BCUT2D eigenvalue weighted by Gasteiger charge is -2.31. The molecule has 0 heterocycles. The number of aryl methyl sites for hydroxylation is 2. The molecule has 0 aliphatic carbocycles. The number of benzene rings is 1. The van der Waals surface area contributed by atoms with Crippen LogP contribution in [0.15, 0.2) is 18.2 Å². The first-order valence-corrected chi connectivity index (χ1v) is 7.17. The Bertz CT molecular complexity index is 451. The first kappa shape index (κ1) is 19.7. The second kappa shape index (κ2) is 8.90. The fraction of sp³-hybridized carbons (Fsp3) is 0.562. The molecule has 1 rings (SSSR count). The monoisotopic (exact) mass is 314 g/mol. The summed E-state index contributed by atoms with van der Waals surface area (Å²) in [6, 6.07) is 5.81. The van der Waals surface area contributed by atoms with Gasteiger partial charge in [0, 0.05) is 6.54 Å². The van der Waals surface area contributed by atoms with Crippen molar-refractivity contribution in [3.8, 4) is 5.75 Å². The molecule has 0 aromatic heterocycles. The minimum Gasteiger partial charge on any atom is -0.484 e. The van der Waals surface area contributed by atoms with Gasteiger partial charge in [-0.1, -0.05) is 19.9 Å². The Morgan fingerprint density at radius 2 is 1.86 bits per heavy atom. The summed E-state index contributed by atoms with van der Waals surface area (Å²) in [5.41, 5.74) is 7.81. The fourth-order valence-electron chi connectivity index (χ4n) is 2.05. The minimum absolute atomic E-state index is 0. The van der Waals surface area contributed by atoms with Crippen LogP contribution in [0.2, 0.25) is 0 Å². The number of halogens is 1. The first-order chi connectivity index (χ1) is 9.46. The van der Waals surface area contributed by atoms with Gasteiger partial charge >= 0.3 is 0 Å². The molecule has 120 valence electrons. The number of ether oxygens (including phenoxy) is 1. The Labute approximate surface area is 133 Å². The molecular weight excluding hydrogens is 288 g/mol. The highest BCUT2D eigenvalue weighted by Gasteiger charge is 2.26. The molecule has 0 radical (unpaired) electrons. The highest BCUT2D eigenvalue weighted by Crippen LogP contribution is 2.17. The van der Waals surface area contributed by atoms with Gasteiger partial charge in [-0.25, -0.2) is 0 Å². The summed E-state index contributed by atoms with van der Waals surface area (Å²) in [5, 5.41) is 2.99. The van der Waals surface area contributed by atoms with Crippen LogP contribution < -0.4 is 15.8 Å². The third-order valence-electron chi connectivity index (χ3n) is 4.00. The summed E-state index contributed by atoms with van der Waals surface area (Å²) in [6.07, 6.45) is 1.63. The highest BCUT2D eigenvalue weighted by molar-refractivity contribution is 5.85. The average Bonchev–Trinajstić information content (AvgIpc) is 2.46. The predicted molar refractivity (Wildman–Crippen MR) is 89.2 cm³/mol. The van der Waals surface area contributed by atoms with Crippen molar-refractivity contribution in [3.05, 3.63) is 29.3 Å². The number of hydrogen-bond acceptors (Lipinski definition) is 3. The van der Waals surface area contributed by atoms with Crippen LogP contribution in [0.5, 0.6) is 5.75 Å². The second-order valence-electron chi connectivity index (χ2n) is 5.27. The Hall–Kier alpha value is -1.26. The summed E-state index contributed by atoms with van der Waals surface area (Å²) < 4.78 is 5.53. The van der Waals surface area contributed by atoms with Crippen LogP contribution in [0.4, 0.5) is 0 Å². The standard InChI is InChI=1S/C16H26N2O2.ClH/c1-5-16(6-2,11-17)18-15(19)10-20-14-8-7-12(3)13(4)9-14;/h7-9H,5-6,10-11,17H2,1-4H3,(H,18,19);1H. The van der Waals surface area contributed by atoms with E-state index in [9.17, 15) is 4.79 Å². The van der Waals surface area contributed by atoms with Crippen molar-refractivity contribution >= 4 is 18.3 Å². The summed E-state index contributed by atoms with van der Waals surface area (Å²) in [4.78, 5) is 12.0. The molecule has 0 saturated heterocycles. The number of carbonyl (C=O) groups excluding carboxylic acids is 1. The van der Waals surface area contributed by atoms with Gasteiger partial charge in [0.1, 0.15) is 5.75 Å².